The quantitative estimate of drug-likeness (QED) is 0.814. The number of hydrogen-bond donors (Lipinski definition) is 2. The number of benzene rings is 1. The molecule has 0 aliphatic carbocycles. The lowest BCUT2D eigenvalue weighted by atomic mass is 10.1. The zero-order chi connectivity index (χ0) is 14.8. The number of aromatic nitrogens is 2. The number of carboxylic acids is 1. The molecule has 1 fully saturated rings. The molecule has 1 atom stereocenters. The molecule has 7 heteroatoms. The van der Waals surface area contributed by atoms with Crippen LogP contribution < -0.4 is 5.32 Å². The number of hydrogen-bond acceptors (Lipinski definition) is 5. The molecule has 3 rings (SSSR count). The first kappa shape index (κ1) is 13.4. The minimum absolute atomic E-state index is 0.168. The van der Waals surface area contributed by atoms with Crippen molar-refractivity contribution in [2.75, 3.05) is 19.6 Å². The van der Waals surface area contributed by atoms with Gasteiger partial charge in [0.05, 0.1) is 17.2 Å². The second-order valence-corrected chi connectivity index (χ2v) is 4.80. The maximum atomic E-state index is 12.5. The number of para-hydroxylation sites is 2. The average molecular weight is 286 g/mol. The number of carboxylic acid groups (broad SMARTS) is 1. The number of rotatable bonds is 2. The van der Waals surface area contributed by atoms with Crippen LogP contribution in [-0.2, 0) is 4.79 Å². The van der Waals surface area contributed by atoms with Crippen molar-refractivity contribution in [2.24, 2.45) is 0 Å². The summed E-state index contributed by atoms with van der Waals surface area (Å²) in [6.07, 6.45) is 1.39. The lowest BCUT2D eigenvalue weighted by Crippen LogP contribution is -2.57. The Balaban J connectivity index is 1.93. The van der Waals surface area contributed by atoms with Crippen molar-refractivity contribution in [3.05, 3.63) is 36.2 Å². The Bertz CT molecular complexity index is 703. The van der Waals surface area contributed by atoms with Crippen molar-refractivity contribution in [3.63, 3.8) is 0 Å². The highest BCUT2D eigenvalue weighted by Crippen LogP contribution is 2.13. The van der Waals surface area contributed by atoms with Gasteiger partial charge in [0.25, 0.3) is 5.91 Å². The fourth-order valence-electron chi connectivity index (χ4n) is 2.38. The first-order chi connectivity index (χ1) is 10.2. The number of nitrogens with zero attached hydrogens (tertiary/aromatic N) is 3. The van der Waals surface area contributed by atoms with Gasteiger partial charge < -0.3 is 15.3 Å². The van der Waals surface area contributed by atoms with Crippen LogP contribution in [0.25, 0.3) is 11.0 Å². The summed E-state index contributed by atoms with van der Waals surface area (Å²) in [6, 6.07) is 6.36. The molecule has 2 heterocycles. The predicted octanol–water partition coefficient (Wildman–Crippen LogP) is 0.128. The first-order valence-corrected chi connectivity index (χ1v) is 6.63. The van der Waals surface area contributed by atoms with E-state index in [1.165, 1.54) is 11.1 Å². The Labute approximate surface area is 120 Å². The molecule has 108 valence electrons. The molecule has 1 aliphatic heterocycles. The van der Waals surface area contributed by atoms with Gasteiger partial charge in [0, 0.05) is 19.6 Å². The molecule has 1 amide bonds. The molecule has 1 aromatic heterocycles. The first-order valence-electron chi connectivity index (χ1n) is 6.63. The standard InChI is InChI=1S/C14H14N4O3/c19-13(18-6-5-15-8-12(18)14(20)21)11-7-16-9-3-1-2-4-10(9)17-11/h1-4,7,12,15H,5-6,8H2,(H,20,21). The molecule has 0 spiro atoms. The third kappa shape index (κ3) is 2.55. The van der Waals surface area contributed by atoms with Crippen LogP contribution in [0.15, 0.2) is 30.5 Å². The lowest BCUT2D eigenvalue weighted by Gasteiger charge is -2.33. The molecular weight excluding hydrogens is 272 g/mol. The van der Waals surface area contributed by atoms with Gasteiger partial charge in [-0.3, -0.25) is 9.78 Å². The van der Waals surface area contributed by atoms with Gasteiger partial charge >= 0.3 is 5.97 Å². The van der Waals surface area contributed by atoms with Gasteiger partial charge in [-0.05, 0) is 12.1 Å². The summed E-state index contributed by atoms with van der Waals surface area (Å²) >= 11 is 0. The Morgan fingerprint density at radius 1 is 1.29 bits per heavy atom. The van der Waals surface area contributed by atoms with Crippen LogP contribution in [0, 0.1) is 0 Å². The van der Waals surface area contributed by atoms with Crippen LogP contribution >= 0.6 is 0 Å². The Morgan fingerprint density at radius 2 is 2.05 bits per heavy atom. The van der Waals surface area contributed by atoms with Gasteiger partial charge in [-0.1, -0.05) is 12.1 Å². The van der Waals surface area contributed by atoms with E-state index in [1.54, 1.807) is 6.07 Å². The molecule has 21 heavy (non-hydrogen) atoms. The molecule has 1 aromatic carbocycles. The molecular formula is C14H14N4O3. The zero-order valence-electron chi connectivity index (χ0n) is 11.2. The maximum Gasteiger partial charge on any atom is 0.327 e. The van der Waals surface area contributed by atoms with Gasteiger partial charge in [0.1, 0.15) is 11.7 Å². The van der Waals surface area contributed by atoms with Crippen molar-refractivity contribution in [1.82, 2.24) is 20.2 Å². The number of amides is 1. The van der Waals surface area contributed by atoms with Crippen LogP contribution in [0.3, 0.4) is 0 Å². The Morgan fingerprint density at radius 3 is 2.81 bits per heavy atom. The van der Waals surface area contributed by atoms with E-state index in [1.807, 2.05) is 18.2 Å². The number of piperazine rings is 1. The average Bonchev–Trinajstić information content (AvgIpc) is 2.53. The third-order valence-electron chi connectivity index (χ3n) is 3.46. The fourth-order valence-corrected chi connectivity index (χ4v) is 2.38. The summed E-state index contributed by atoms with van der Waals surface area (Å²) in [5.41, 5.74) is 1.48. The van der Waals surface area contributed by atoms with Crippen LogP contribution in [-0.4, -0.2) is 57.5 Å². The molecule has 1 unspecified atom stereocenters. The van der Waals surface area contributed by atoms with Gasteiger partial charge in [0.2, 0.25) is 0 Å². The highest BCUT2D eigenvalue weighted by atomic mass is 16.4. The van der Waals surface area contributed by atoms with E-state index in [0.29, 0.717) is 24.1 Å². The SMILES string of the molecule is O=C(O)C1CNCCN1C(=O)c1cnc2ccccc2n1. The number of fused-ring (bicyclic) bond motifs is 1. The van der Waals surface area contributed by atoms with Gasteiger partial charge in [-0.2, -0.15) is 0 Å². The van der Waals surface area contributed by atoms with Crippen molar-refractivity contribution >= 4 is 22.9 Å². The minimum atomic E-state index is -1.02. The van der Waals surface area contributed by atoms with E-state index in [2.05, 4.69) is 15.3 Å². The second kappa shape index (κ2) is 5.45. The van der Waals surface area contributed by atoms with Crippen molar-refractivity contribution in [3.8, 4) is 0 Å². The number of nitrogens with one attached hydrogen (secondary N) is 1. The molecule has 0 bridgehead atoms. The van der Waals surface area contributed by atoms with Crippen molar-refractivity contribution < 1.29 is 14.7 Å². The molecule has 7 nitrogen and oxygen atoms in total. The van der Waals surface area contributed by atoms with Gasteiger partial charge in [0.15, 0.2) is 0 Å². The number of carbonyl (C=O) groups is 2. The maximum absolute atomic E-state index is 12.5. The van der Waals surface area contributed by atoms with Crippen LogP contribution in [0.1, 0.15) is 10.5 Å². The minimum Gasteiger partial charge on any atom is -0.480 e. The monoisotopic (exact) mass is 286 g/mol. The highest BCUT2D eigenvalue weighted by molar-refractivity contribution is 5.96. The summed E-state index contributed by atoms with van der Waals surface area (Å²) in [4.78, 5) is 33.5. The summed E-state index contributed by atoms with van der Waals surface area (Å²) in [6.45, 7) is 1.14. The predicted molar refractivity (Wildman–Crippen MR) is 74.9 cm³/mol. The fraction of sp³-hybridized carbons (Fsp3) is 0.286. The van der Waals surface area contributed by atoms with Gasteiger partial charge in [-0.15, -0.1) is 0 Å². The van der Waals surface area contributed by atoms with Crippen LogP contribution in [0.5, 0.6) is 0 Å². The molecule has 0 radical (unpaired) electrons. The Hall–Kier alpha value is -2.54. The summed E-state index contributed by atoms with van der Waals surface area (Å²) in [7, 11) is 0. The Kier molecular flexibility index (Phi) is 3.49. The van der Waals surface area contributed by atoms with Crippen LogP contribution in [0.4, 0.5) is 0 Å². The zero-order valence-corrected chi connectivity index (χ0v) is 11.2. The number of carbonyl (C=O) groups excluding carboxylic acids is 1. The van der Waals surface area contributed by atoms with E-state index in [-0.39, 0.29) is 12.2 Å². The summed E-state index contributed by atoms with van der Waals surface area (Å²) < 4.78 is 0. The van der Waals surface area contributed by atoms with E-state index in [4.69, 9.17) is 0 Å². The normalized spacial score (nSPS) is 18.7. The molecule has 1 aliphatic rings. The highest BCUT2D eigenvalue weighted by Gasteiger charge is 2.33. The van der Waals surface area contributed by atoms with Crippen molar-refractivity contribution in [1.29, 1.82) is 0 Å². The van der Waals surface area contributed by atoms with Crippen molar-refractivity contribution in [2.45, 2.75) is 6.04 Å². The largest absolute Gasteiger partial charge is 0.480 e. The third-order valence-corrected chi connectivity index (χ3v) is 3.46. The van der Waals surface area contributed by atoms with Gasteiger partial charge in [-0.25, -0.2) is 9.78 Å². The molecule has 2 N–H and O–H groups in total. The van der Waals surface area contributed by atoms with E-state index >= 15 is 0 Å². The summed E-state index contributed by atoms with van der Waals surface area (Å²) in [5, 5.41) is 12.2. The lowest BCUT2D eigenvalue weighted by molar-refractivity contribution is -0.142. The summed E-state index contributed by atoms with van der Waals surface area (Å²) in [5.74, 6) is -1.42. The smallest absolute Gasteiger partial charge is 0.327 e. The number of aliphatic carboxylic acids is 1. The van der Waals surface area contributed by atoms with E-state index in [9.17, 15) is 14.7 Å². The second-order valence-electron chi connectivity index (χ2n) is 4.80. The van der Waals surface area contributed by atoms with E-state index < -0.39 is 17.9 Å². The van der Waals surface area contributed by atoms with E-state index in [0.717, 1.165) is 0 Å². The molecule has 1 saturated heterocycles. The van der Waals surface area contributed by atoms with Crippen LogP contribution in [0.2, 0.25) is 0 Å². The molecule has 0 saturated carbocycles. The molecule has 2 aromatic rings. The topological polar surface area (TPSA) is 95.4 Å².